The van der Waals surface area contributed by atoms with E-state index in [4.69, 9.17) is 0 Å². The fourth-order valence-electron chi connectivity index (χ4n) is 3.85. The van der Waals surface area contributed by atoms with Gasteiger partial charge < -0.3 is 9.80 Å². The van der Waals surface area contributed by atoms with Gasteiger partial charge in [-0.1, -0.05) is 13.8 Å². The molecule has 2 atom stereocenters. The number of amides is 2. The number of likely N-dealkylation sites (tertiary alicyclic amines) is 2. The molecular formula is C17H30N2O4S. The number of hydrogen-bond acceptors (Lipinski definition) is 4. The minimum Gasteiger partial charge on any atom is -0.342 e. The maximum Gasteiger partial charge on any atom is 0.222 e. The lowest BCUT2D eigenvalue weighted by Crippen LogP contribution is -2.57. The van der Waals surface area contributed by atoms with Gasteiger partial charge >= 0.3 is 0 Å². The zero-order valence-corrected chi connectivity index (χ0v) is 15.8. The van der Waals surface area contributed by atoms with Crippen LogP contribution in [0, 0.1) is 11.8 Å². The van der Waals surface area contributed by atoms with Gasteiger partial charge in [-0.3, -0.25) is 9.59 Å². The summed E-state index contributed by atoms with van der Waals surface area (Å²) in [6.45, 7) is 6.40. The molecule has 24 heavy (non-hydrogen) atoms. The Morgan fingerprint density at radius 3 is 2.62 bits per heavy atom. The van der Waals surface area contributed by atoms with Gasteiger partial charge in [0, 0.05) is 44.8 Å². The quantitative estimate of drug-likeness (QED) is 0.717. The van der Waals surface area contributed by atoms with Gasteiger partial charge in [-0.2, -0.15) is 0 Å². The Labute approximate surface area is 145 Å². The van der Waals surface area contributed by atoms with Crippen molar-refractivity contribution >= 4 is 21.7 Å². The van der Waals surface area contributed by atoms with Crippen LogP contribution in [0.1, 0.15) is 46.0 Å². The molecule has 2 heterocycles. The van der Waals surface area contributed by atoms with Gasteiger partial charge in [-0.15, -0.1) is 0 Å². The Morgan fingerprint density at radius 2 is 2.00 bits per heavy atom. The zero-order valence-electron chi connectivity index (χ0n) is 15.0. The molecule has 2 rings (SSSR count). The van der Waals surface area contributed by atoms with Crippen LogP contribution >= 0.6 is 0 Å². The van der Waals surface area contributed by atoms with Crippen molar-refractivity contribution < 1.29 is 18.0 Å². The molecule has 0 aromatic heterocycles. The second-order valence-electron chi connectivity index (χ2n) is 7.67. The van der Waals surface area contributed by atoms with Gasteiger partial charge in [0.15, 0.2) is 0 Å². The van der Waals surface area contributed by atoms with E-state index in [-0.39, 0.29) is 23.6 Å². The largest absolute Gasteiger partial charge is 0.342 e. The third kappa shape index (κ3) is 5.19. The highest BCUT2D eigenvalue weighted by Crippen LogP contribution is 2.32. The highest BCUT2D eigenvalue weighted by molar-refractivity contribution is 7.90. The van der Waals surface area contributed by atoms with Crippen molar-refractivity contribution in [3.05, 3.63) is 0 Å². The Morgan fingerprint density at radius 1 is 1.29 bits per heavy atom. The number of carbonyl (C=O) groups is 2. The molecule has 0 aromatic carbocycles. The molecule has 0 bridgehead atoms. The van der Waals surface area contributed by atoms with Gasteiger partial charge in [0.25, 0.3) is 0 Å². The van der Waals surface area contributed by atoms with Crippen LogP contribution in [0.15, 0.2) is 0 Å². The van der Waals surface area contributed by atoms with Crippen molar-refractivity contribution in [2.45, 2.75) is 52.0 Å². The second kappa shape index (κ2) is 7.85. The summed E-state index contributed by atoms with van der Waals surface area (Å²) in [6.07, 6.45) is 4.14. The van der Waals surface area contributed by atoms with E-state index in [0.29, 0.717) is 44.2 Å². The number of hydrogen-bond donors (Lipinski definition) is 0. The molecule has 0 N–H and O–H groups in total. The van der Waals surface area contributed by atoms with Crippen LogP contribution < -0.4 is 0 Å². The fraction of sp³-hybridized carbons (Fsp3) is 0.882. The average molecular weight is 359 g/mol. The van der Waals surface area contributed by atoms with Crippen LogP contribution in [-0.4, -0.2) is 67.7 Å². The van der Waals surface area contributed by atoms with E-state index in [9.17, 15) is 18.0 Å². The van der Waals surface area contributed by atoms with Crippen LogP contribution in [0.5, 0.6) is 0 Å². The molecule has 138 valence electrons. The number of rotatable bonds is 6. The summed E-state index contributed by atoms with van der Waals surface area (Å²) in [5, 5.41) is 0. The number of piperidine rings is 2. The molecule has 0 unspecified atom stereocenters. The van der Waals surface area contributed by atoms with E-state index in [1.165, 1.54) is 6.26 Å². The zero-order chi connectivity index (χ0) is 17.9. The summed E-state index contributed by atoms with van der Waals surface area (Å²) in [7, 11) is -3.01. The molecule has 6 nitrogen and oxygen atoms in total. The van der Waals surface area contributed by atoms with Crippen molar-refractivity contribution in [3.63, 3.8) is 0 Å². The predicted octanol–water partition coefficient (Wildman–Crippen LogP) is 1.31. The lowest BCUT2D eigenvalue weighted by atomic mass is 9.83. The maximum absolute atomic E-state index is 12.3. The van der Waals surface area contributed by atoms with Crippen LogP contribution in [0.2, 0.25) is 0 Å². The van der Waals surface area contributed by atoms with Gasteiger partial charge in [0.1, 0.15) is 9.84 Å². The highest BCUT2D eigenvalue weighted by atomic mass is 32.2. The summed E-state index contributed by atoms with van der Waals surface area (Å²) in [6, 6.07) is 0.258. The average Bonchev–Trinajstić information content (AvgIpc) is 2.48. The van der Waals surface area contributed by atoms with Gasteiger partial charge in [-0.05, 0) is 31.1 Å². The van der Waals surface area contributed by atoms with E-state index >= 15 is 0 Å². The molecule has 0 aromatic rings. The number of fused-ring (bicyclic) bond motifs is 1. The molecule has 2 amide bonds. The Hall–Kier alpha value is -1.11. The van der Waals surface area contributed by atoms with E-state index < -0.39 is 9.84 Å². The van der Waals surface area contributed by atoms with E-state index in [2.05, 4.69) is 13.8 Å². The lowest BCUT2D eigenvalue weighted by Gasteiger charge is -2.47. The molecule has 7 heteroatoms. The minimum absolute atomic E-state index is 0.0457. The molecular weight excluding hydrogens is 328 g/mol. The third-order valence-electron chi connectivity index (χ3n) is 4.96. The van der Waals surface area contributed by atoms with Gasteiger partial charge in [-0.25, -0.2) is 8.42 Å². The summed E-state index contributed by atoms with van der Waals surface area (Å²) in [4.78, 5) is 28.5. The van der Waals surface area contributed by atoms with E-state index in [1.54, 1.807) is 0 Å². The predicted molar refractivity (Wildman–Crippen MR) is 93.2 cm³/mol. The Balaban J connectivity index is 1.89. The second-order valence-corrected chi connectivity index (χ2v) is 9.93. The number of nitrogens with zero attached hydrogens (tertiary/aromatic N) is 2. The van der Waals surface area contributed by atoms with Gasteiger partial charge in [0.2, 0.25) is 11.8 Å². The molecule has 0 aliphatic carbocycles. The monoisotopic (exact) mass is 358 g/mol. The van der Waals surface area contributed by atoms with Crippen molar-refractivity contribution in [3.8, 4) is 0 Å². The summed E-state index contributed by atoms with van der Waals surface area (Å²) in [5.41, 5.74) is 0. The lowest BCUT2D eigenvalue weighted by molar-refractivity contribution is -0.144. The molecule has 0 spiro atoms. The van der Waals surface area contributed by atoms with E-state index in [0.717, 1.165) is 19.4 Å². The van der Waals surface area contributed by atoms with Gasteiger partial charge in [0.05, 0.1) is 5.75 Å². The van der Waals surface area contributed by atoms with Crippen LogP contribution in [0.3, 0.4) is 0 Å². The van der Waals surface area contributed by atoms with Crippen LogP contribution in [-0.2, 0) is 19.4 Å². The van der Waals surface area contributed by atoms with Crippen LogP contribution in [0.4, 0.5) is 0 Å². The molecule has 2 saturated heterocycles. The summed E-state index contributed by atoms with van der Waals surface area (Å²) < 4.78 is 22.3. The summed E-state index contributed by atoms with van der Waals surface area (Å²) >= 11 is 0. The fourth-order valence-corrected chi connectivity index (χ4v) is 4.52. The number of sulfone groups is 1. The Kier molecular flexibility index (Phi) is 6.28. The van der Waals surface area contributed by atoms with Crippen molar-refractivity contribution in [1.82, 2.24) is 9.80 Å². The SMILES string of the molecule is CC(C)CN1C(=O)CC[C@@H]2CN(C(=O)CCCS(C)(=O)=O)CC[C@@H]21. The molecule has 0 saturated carbocycles. The Bertz CT molecular complexity index is 573. The van der Waals surface area contributed by atoms with Crippen molar-refractivity contribution in [2.24, 2.45) is 11.8 Å². The normalized spacial score (nSPS) is 25.1. The topological polar surface area (TPSA) is 74.8 Å². The van der Waals surface area contributed by atoms with E-state index in [1.807, 2.05) is 9.80 Å². The van der Waals surface area contributed by atoms with Crippen molar-refractivity contribution in [1.29, 1.82) is 0 Å². The smallest absolute Gasteiger partial charge is 0.222 e. The first-order valence-corrected chi connectivity index (χ1v) is 11.0. The minimum atomic E-state index is -3.01. The first-order valence-electron chi connectivity index (χ1n) is 8.92. The third-order valence-corrected chi connectivity index (χ3v) is 5.99. The molecule has 2 fully saturated rings. The van der Waals surface area contributed by atoms with Crippen molar-refractivity contribution in [2.75, 3.05) is 31.6 Å². The maximum atomic E-state index is 12.3. The first-order chi connectivity index (χ1) is 11.2. The first kappa shape index (κ1) is 19.2. The molecule has 2 aliphatic rings. The highest BCUT2D eigenvalue weighted by Gasteiger charge is 2.40. The molecule has 2 aliphatic heterocycles. The summed E-state index contributed by atoms with van der Waals surface area (Å²) in [5.74, 6) is 1.16. The standard InChI is InChI=1S/C17H30N2O4S/c1-13(2)11-19-15-8-9-18(12-14(15)6-7-17(19)21)16(20)5-4-10-24(3,22)23/h13-15H,4-12H2,1-3H3/t14-,15+/m1/s1. The molecule has 0 radical (unpaired) electrons. The number of carbonyl (C=O) groups excluding carboxylic acids is 2. The van der Waals surface area contributed by atoms with Crippen LogP contribution in [0.25, 0.3) is 0 Å².